The van der Waals surface area contributed by atoms with E-state index < -0.39 is 0 Å². The number of nitrogens with zero attached hydrogens (tertiary/aromatic N) is 2. The van der Waals surface area contributed by atoms with Crippen LogP contribution in [0.25, 0.3) is 4.85 Å². The van der Waals surface area contributed by atoms with Crippen molar-refractivity contribution >= 4 is 0 Å². The van der Waals surface area contributed by atoms with Gasteiger partial charge < -0.3 is 9.58 Å². The smallest absolute Gasteiger partial charge is 0.241 e. The van der Waals surface area contributed by atoms with E-state index in [1.165, 1.54) is 0 Å². The zero-order valence-corrected chi connectivity index (χ0v) is 6.24. The lowest BCUT2D eigenvalue weighted by Crippen LogP contribution is -1.87. The Balaban J connectivity index is 2.84. The number of hydrogen-bond donors (Lipinski definition) is 0. The van der Waals surface area contributed by atoms with E-state index in [9.17, 15) is 0 Å². The quantitative estimate of drug-likeness (QED) is 0.594. The standard InChI is InChI=1S/C8H8N2O/c1-9-4-7-3-8(11-2)6-10-5-7/h3,5-6H,4H2,2H3. The summed E-state index contributed by atoms with van der Waals surface area (Å²) in [6.07, 6.45) is 3.29. The molecule has 1 heterocycles. The molecule has 0 aliphatic carbocycles. The van der Waals surface area contributed by atoms with Gasteiger partial charge in [-0.15, -0.1) is 0 Å². The Morgan fingerprint density at radius 3 is 3.09 bits per heavy atom. The van der Waals surface area contributed by atoms with Gasteiger partial charge in [-0.3, -0.25) is 4.98 Å². The fourth-order valence-corrected chi connectivity index (χ4v) is 0.753. The summed E-state index contributed by atoms with van der Waals surface area (Å²) in [5.41, 5.74) is 0.888. The molecule has 0 unspecified atom stereocenters. The van der Waals surface area contributed by atoms with Gasteiger partial charge >= 0.3 is 0 Å². The number of pyridine rings is 1. The van der Waals surface area contributed by atoms with E-state index in [-0.39, 0.29) is 0 Å². The van der Waals surface area contributed by atoms with E-state index in [1.54, 1.807) is 19.5 Å². The molecule has 0 aliphatic heterocycles. The molecule has 56 valence electrons. The molecule has 0 amide bonds. The fraction of sp³-hybridized carbons (Fsp3) is 0.250. The first-order valence-corrected chi connectivity index (χ1v) is 3.18. The third-order valence-corrected chi connectivity index (χ3v) is 1.27. The monoisotopic (exact) mass is 148 g/mol. The maximum atomic E-state index is 6.62. The summed E-state index contributed by atoms with van der Waals surface area (Å²) in [6, 6.07) is 1.81. The number of hydrogen-bond acceptors (Lipinski definition) is 2. The van der Waals surface area contributed by atoms with E-state index in [2.05, 4.69) is 9.83 Å². The summed E-state index contributed by atoms with van der Waals surface area (Å²) >= 11 is 0. The number of methoxy groups -OCH3 is 1. The van der Waals surface area contributed by atoms with Crippen LogP contribution < -0.4 is 4.74 Å². The second kappa shape index (κ2) is 3.57. The van der Waals surface area contributed by atoms with Crippen LogP contribution in [0.4, 0.5) is 0 Å². The van der Waals surface area contributed by atoms with Crippen LogP contribution in [0.1, 0.15) is 5.56 Å². The molecule has 1 aromatic heterocycles. The largest absolute Gasteiger partial charge is 0.495 e. The first-order chi connectivity index (χ1) is 5.36. The highest BCUT2D eigenvalue weighted by Gasteiger charge is 1.96. The van der Waals surface area contributed by atoms with Crippen molar-refractivity contribution in [1.29, 1.82) is 0 Å². The lowest BCUT2D eigenvalue weighted by Gasteiger charge is -1.97. The van der Waals surface area contributed by atoms with Crippen LogP contribution in [0, 0.1) is 6.57 Å². The van der Waals surface area contributed by atoms with E-state index >= 15 is 0 Å². The first kappa shape index (κ1) is 7.55. The summed E-state index contributed by atoms with van der Waals surface area (Å²) in [5, 5.41) is 0. The predicted molar refractivity (Wildman–Crippen MR) is 41.1 cm³/mol. The van der Waals surface area contributed by atoms with Gasteiger partial charge in [0.2, 0.25) is 6.54 Å². The summed E-state index contributed by atoms with van der Waals surface area (Å²) < 4.78 is 4.94. The molecule has 3 heteroatoms. The normalized spacial score (nSPS) is 8.73. The molecule has 11 heavy (non-hydrogen) atoms. The Morgan fingerprint density at radius 1 is 1.64 bits per heavy atom. The molecule has 0 fully saturated rings. The lowest BCUT2D eigenvalue weighted by atomic mass is 10.3. The van der Waals surface area contributed by atoms with Crippen molar-refractivity contribution in [3.05, 3.63) is 35.4 Å². The Bertz CT molecular complexity index is 278. The maximum absolute atomic E-state index is 6.62. The fourth-order valence-electron chi connectivity index (χ4n) is 0.753. The molecule has 0 bridgehead atoms. The maximum Gasteiger partial charge on any atom is 0.241 e. The highest BCUT2D eigenvalue weighted by Crippen LogP contribution is 2.10. The van der Waals surface area contributed by atoms with Crippen LogP contribution in [0.3, 0.4) is 0 Å². The average Bonchev–Trinajstić information content (AvgIpc) is 2.06. The van der Waals surface area contributed by atoms with Crippen LogP contribution in [0.15, 0.2) is 18.5 Å². The Labute approximate surface area is 65.5 Å². The molecule has 0 spiro atoms. The van der Waals surface area contributed by atoms with Crippen LogP contribution in [0.5, 0.6) is 5.75 Å². The number of rotatable bonds is 2. The Morgan fingerprint density at radius 2 is 2.45 bits per heavy atom. The van der Waals surface area contributed by atoms with Gasteiger partial charge in [0.25, 0.3) is 0 Å². The minimum atomic E-state index is 0.365. The Kier molecular flexibility index (Phi) is 2.45. The topological polar surface area (TPSA) is 26.5 Å². The molecule has 3 nitrogen and oxygen atoms in total. The van der Waals surface area contributed by atoms with E-state index in [0.29, 0.717) is 12.3 Å². The molecule has 0 saturated heterocycles. The van der Waals surface area contributed by atoms with E-state index in [4.69, 9.17) is 11.3 Å². The summed E-state index contributed by atoms with van der Waals surface area (Å²) in [5.74, 6) is 0.700. The molecule has 0 radical (unpaired) electrons. The second-order valence-corrected chi connectivity index (χ2v) is 2.05. The molecule has 0 aliphatic rings. The predicted octanol–water partition coefficient (Wildman–Crippen LogP) is 1.51. The van der Waals surface area contributed by atoms with Crippen molar-refractivity contribution in [2.24, 2.45) is 0 Å². The van der Waals surface area contributed by atoms with Gasteiger partial charge in [0.05, 0.1) is 18.9 Å². The summed E-state index contributed by atoms with van der Waals surface area (Å²) in [6.45, 7) is 6.99. The molecule has 0 saturated carbocycles. The lowest BCUT2D eigenvalue weighted by molar-refractivity contribution is 0.412. The van der Waals surface area contributed by atoms with E-state index in [1.807, 2.05) is 6.07 Å². The Hall–Kier alpha value is -1.56. The molecule has 0 aromatic carbocycles. The zero-order chi connectivity index (χ0) is 8.10. The minimum Gasteiger partial charge on any atom is -0.495 e. The van der Waals surface area contributed by atoms with Gasteiger partial charge in [-0.1, -0.05) is 0 Å². The second-order valence-electron chi connectivity index (χ2n) is 2.05. The van der Waals surface area contributed by atoms with Crippen molar-refractivity contribution in [3.63, 3.8) is 0 Å². The van der Waals surface area contributed by atoms with Crippen molar-refractivity contribution in [3.8, 4) is 5.75 Å². The zero-order valence-electron chi connectivity index (χ0n) is 6.24. The van der Waals surface area contributed by atoms with Crippen molar-refractivity contribution in [2.75, 3.05) is 7.11 Å². The molecule has 0 atom stereocenters. The average molecular weight is 148 g/mol. The van der Waals surface area contributed by atoms with Crippen molar-refractivity contribution in [1.82, 2.24) is 4.98 Å². The van der Waals surface area contributed by atoms with Crippen LogP contribution in [-0.2, 0) is 6.54 Å². The van der Waals surface area contributed by atoms with Crippen molar-refractivity contribution in [2.45, 2.75) is 6.54 Å². The highest BCUT2D eigenvalue weighted by molar-refractivity contribution is 5.23. The van der Waals surface area contributed by atoms with Gasteiger partial charge in [0.15, 0.2) is 0 Å². The van der Waals surface area contributed by atoms with Gasteiger partial charge in [-0.2, -0.15) is 0 Å². The minimum absolute atomic E-state index is 0.365. The summed E-state index contributed by atoms with van der Waals surface area (Å²) in [7, 11) is 1.58. The number of aromatic nitrogens is 1. The number of ether oxygens (including phenoxy) is 1. The molecule has 1 rings (SSSR count). The van der Waals surface area contributed by atoms with Gasteiger partial charge in [0.1, 0.15) is 5.75 Å². The highest BCUT2D eigenvalue weighted by atomic mass is 16.5. The van der Waals surface area contributed by atoms with Crippen LogP contribution in [0.2, 0.25) is 0 Å². The van der Waals surface area contributed by atoms with Crippen LogP contribution in [-0.4, -0.2) is 12.1 Å². The van der Waals surface area contributed by atoms with Crippen LogP contribution >= 0.6 is 0 Å². The molecule has 0 N–H and O–H groups in total. The van der Waals surface area contributed by atoms with Gasteiger partial charge in [-0.25, -0.2) is 6.57 Å². The molecular formula is C8H8N2O. The van der Waals surface area contributed by atoms with Gasteiger partial charge in [-0.05, 0) is 6.07 Å². The molecule has 1 aromatic rings. The van der Waals surface area contributed by atoms with Gasteiger partial charge in [0, 0.05) is 6.20 Å². The van der Waals surface area contributed by atoms with Crippen molar-refractivity contribution < 1.29 is 4.74 Å². The van der Waals surface area contributed by atoms with E-state index in [0.717, 1.165) is 5.56 Å². The third kappa shape index (κ3) is 1.94. The SMILES string of the molecule is [C-]#[N+]Cc1cncc(OC)c1. The summed E-state index contributed by atoms with van der Waals surface area (Å²) in [4.78, 5) is 7.14. The molecular weight excluding hydrogens is 140 g/mol. The third-order valence-electron chi connectivity index (χ3n) is 1.27. The first-order valence-electron chi connectivity index (χ1n) is 3.18.